The summed E-state index contributed by atoms with van der Waals surface area (Å²) in [6.45, 7) is 8.68. The van der Waals surface area contributed by atoms with Crippen molar-refractivity contribution in [3.05, 3.63) is 71.8 Å². The fourth-order valence-electron chi connectivity index (χ4n) is 5.00. The standard InChI is InChI=1S/C26H32O3/c1-18-15-16-21(25(2,3)20-13-9-6-10-14-20)22(17-18)28-24(27)26(4)23(29-26)19-11-7-5-8-12-19/h5-14,18,21-23H,15-17H2,1-4H3/t18-,21-,22-,23?,26?/m1/s1. The summed E-state index contributed by atoms with van der Waals surface area (Å²) in [4.78, 5) is 13.1. The predicted molar refractivity (Wildman–Crippen MR) is 115 cm³/mol. The molecule has 2 fully saturated rings. The summed E-state index contributed by atoms with van der Waals surface area (Å²) >= 11 is 0. The van der Waals surface area contributed by atoms with Crippen molar-refractivity contribution < 1.29 is 14.3 Å². The van der Waals surface area contributed by atoms with Gasteiger partial charge in [-0.25, -0.2) is 4.79 Å². The highest BCUT2D eigenvalue weighted by atomic mass is 16.7. The van der Waals surface area contributed by atoms with Crippen molar-refractivity contribution in [3.63, 3.8) is 0 Å². The third-order valence-corrected chi connectivity index (χ3v) is 7.07. The number of rotatable bonds is 5. The highest BCUT2D eigenvalue weighted by Gasteiger charge is 2.61. The van der Waals surface area contributed by atoms with E-state index in [4.69, 9.17) is 9.47 Å². The molecule has 0 spiro atoms. The molecule has 4 rings (SSSR count). The molecule has 154 valence electrons. The van der Waals surface area contributed by atoms with E-state index in [1.54, 1.807) is 0 Å². The third kappa shape index (κ3) is 3.85. The molecule has 0 radical (unpaired) electrons. The molecule has 0 amide bonds. The first-order valence-corrected chi connectivity index (χ1v) is 10.8. The number of benzene rings is 2. The van der Waals surface area contributed by atoms with Crippen molar-refractivity contribution >= 4 is 5.97 Å². The van der Waals surface area contributed by atoms with Crippen molar-refractivity contribution in [3.8, 4) is 0 Å². The van der Waals surface area contributed by atoms with Crippen LogP contribution in [0.3, 0.4) is 0 Å². The van der Waals surface area contributed by atoms with Crippen LogP contribution in [0.1, 0.15) is 64.2 Å². The smallest absolute Gasteiger partial charge is 0.341 e. The van der Waals surface area contributed by atoms with E-state index in [1.807, 2.05) is 37.3 Å². The molecule has 1 saturated heterocycles. The second-order valence-electron chi connectivity index (χ2n) is 9.57. The van der Waals surface area contributed by atoms with Crippen molar-refractivity contribution in [1.29, 1.82) is 0 Å². The van der Waals surface area contributed by atoms with Gasteiger partial charge in [0.05, 0.1) is 0 Å². The molecule has 5 atom stereocenters. The van der Waals surface area contributed by atoms with E-state index in [0.29, 0.717) is 11.8 Å². The lowest BCUT2D eigenvalue weighted by Gasteiger charge is -2.44. The lowest BCUT2D eigenvalue weighted by Crippen LogP contribution is -2.45. The van der Waals surface area contributed by atoms with Gasteiger partial charge in [0, 0.05) is 5.92 Å². The monoisotopic (exact) mass is 392 g/mol. The van der Waals surface area contributed by atoms with Gasteiger partial charge >= 0.3 is 5.97 Å². The van der Waals surface area contributed by atoms with Crippen molar-refractivity contribution in [2.75, 3.05) is 0 Å². The zero-order valence-corrected chi connectivity index (χ0v) is 17.9. The first kappa shape index (κ1) is 20.2. The van der Waals surface area contributed by atoms with Gasteiger partial charge in [-0.05, 0) is 42.2 Å². The fraction of sp³-hybridized carbons (Fsp3) is 0.500. The summed E-state index contributed by atoms with van der Waals surface area (Å²) in [5, 5.41) is 0. The third-order valence-electron chi connectivity index (χ3n) is 7.07. The van der Waals surface area contributed by atoms with Gasteiger partial charge in [-0.1, -0.05) is 87.9 Å². The molecular weight excluding hydrogens is 360 g/mol. The molecule has 0 bridgehead atoms. The summed E-state index contributed by atoms with van der Waals surface area (Å²) in [5.41, 5.74) is 1.40. The maximum Gasteiger partial charge on any atom is 0.341 e. The lowest BCUT2D eigenvalue weighted by molar-refractivity contribution is -0.162. The summed E-state index contributed by atoms with van der Waals surface area (Å²) in [7, 11) is 0. The van der Waals surface area contributed by atoms with Gasteiger partial charge in [0.15, 0.2) is 5.60 Å². The minimum Gasteiger partial charge on any atom is -0.460 e. The molecular formula is C26H32O3. The average Bonchev–Trinajstić information content (AvgIpc) is 3.42. The Kier molecular flexibility index (Phi) is 5.29. The van der Waals surface area contributed by atoms with E-state index in [1.165, 1.54) is 12.0 Å². The Hall–Kier alpha value is -2.13. The minimum atomic E-state index is -0.872. The van der Waals surface area contributed by atoms with Crippen LogP contribution in [0.25, 0.3) is 0 Å². The molecule has 1 aliphatic carbocycles. The van der Waals surface area contributed by atoms with Gasteiger partial charge in [0.25, 0.3) is 0 Å². The highest BCUT2D eigenvalue weighted by molar-refractivity contribution is 5.83. The number of ether oxygens (including phenoxy) is 2. The molecule has 3 heteroatoms. The van der Waals surface area contributed by atoms with E-state index in [-0.39, 0.29) is 23.6 Å². The number of epoxide rings is 1. The first-order valence-electron chi connectivity index (χ1n) is 10.8. The Morgan fingerprint density at radius 2 is 1.66 bits per heavy atom. The maximum absolute atomic E-state index is 13.1. The molecule has 2 unspecified atom stereocenters. The zero-order chi connectivity index (χ0) is 20.6. The van der Waals surface area contributed by atoms with Crippen LogP contribution in [0.2, 0.25) is 0 Å². The molecule has 1 aliphatic heterocycles. The summed E-state index contributed by atoms with van der Waals surface area (Å²) < 4.78 is 12.0. The Bertz CT molecular complexity index is 845. The largest absolute Gasteiger partial charge is 0.460 e. The number of carbonyl (C=O) groups is 1. The van der Waals surface area contributed by atoms with Gasteiger partial charge in [0.2, 0.25) is 0 Å². The van der Waals surface area contributed by atoms with Gasteiger partial charge in [-0.2, -0.15) is 0 Å². The van der Waals surface area contributed by atoms with Crippen molar-refractivity contribution in [1.82, 2.24) is 0 Å². The molecule has 3 nitrogen and oxygen atoms in total. The van der Waals surface area contributed by atoms with Gasteiger partial charge in [0.1, 0.15) is 12.2 Å². The average molecular weight is 393 g/mol. The maximum atomic E-state index is 13.1. The molecule has 2 aliphatic rings. The summed E-state index contributed by atoms with van der Waals surface area (Å²) in [5.74, 6) is 0.635. The second kappa shape index (κ2) is 7.60. The summed E-state index contributed by atoms with van der Waals surface area (Å²) in [6.07, 6.45) is 2.87. The topological polar surface area (TPSA) is 38.8 Å². The molecule has 1 heterocycles. The van der Waals surface area contributed by atoms with E-state index in [0.717, 1.165) is 18.4 Å². The number of hydrogen-bond donors (Lipinski definition) is 0. The molecule has 2 aromatic carbocycles. The van der Waals surface area contributed by atoms with Crippen LogP contribution in [-0.2, 0) is 19.7 Å². The molecule has 1 saturated carbocycles. The van der Waals surface area contributed by atoms with Crippen LogP contribution in [0, 0.1) is 11.8 Å². The first-order chi connectivity index (χ1) is 13.8. The Labute approximate surface area is 174 Å². The Morgan fingerprint density at radius 1 is 1.03 bits per heavy atom. The number of esters is 1. The van der Waals surface area contributed by atoms with Gasteiger partial charge < -0.3 is 9.47 Å². The fourth-order valence-corrected chi connectivity index (χ4v) is 5.00. The number of carbonyl (C=O) groups excluding carboxylic acids is 1. The van der Waals surface area contributed by atoms with Crippen molar-refractivity contribution in [2.24, 2.45) is 11.8 Å². The molecule has 29 heavy (non-hydrogen) atoms. The summed E-state index contributed by atoms with van der Waals surface area (Å²) in [6, 6.07) is 20.5. The highest BCUT2D eigenvalue weighted by Crippen LogP contribution is 2.51. The Balaban J connectivity index is 1.52. The lowest BCUT2D eigenvalue weighted by atomic mass is 9.64. The van der Waals surface area contributed by atoms with Crippen LogP contribution in [0.5, 0.6) is 0 Å². The van der Waals surface area contributed by atoms with Gasteiger partial charge in [-0.15, -0.1) is 0 Å². The van der Waals surface area contributed by atoms with Gasteiger partial charge in [-0.3, -0.25) is 0 Å². The molecule has 0 aromatic heterocycles. The van der Waals surface area contributed by atoms with Crippen LogP contribution < -0.4 is 0 Å². The molecule has 2 aromatic rings. The normalized spacial score (nSPS) is 31.9. The van der Waals surface area contributed by atoms with E-state index < -0.39 is 5.60 Å². The zero-order valence-electron chi connectivity index (χ0n) is 17.9. The van der Waals surface area contributed by atoms with Crippen LogP contribution in [0.15, 0.2) is 60.7 Å². The second-order valence-corrected chi connectivity index (χ2v) is 9.57. The minimum absolute atomic E-state index is 0.0590. The van der Waals surface area contributed by atoms with E-state index in [2.05, 4.69) is 51.1 Å². The SMILES string of the molecule is C[C@@H]1CC[C@@H](C(C)(C)c2ccccc2)[C@H](OC(=O)C2(C)OC2c2ccccc2)C1. The van der Waals surface area contributed by atoms with Crippen LogP contribution in [-0.4, -0.2) is 17.7 Å². The van der Waals surface area contributed by atoms with Crippen LogP contribution in [0.4, 0.5) is 0 Å². The quantitative estimate of drug-likeness (QED) is 0.474. The predicted octanol–water partition coefficient (Wildman–Crippen LogP) is 5.84. The van der Waals surface area contributed by atoms with Crippen molar-refractivity contribution in [2.45, 2.75) is 70.2 Å². The molecule has 0 N–H and O–H groups in total. The Morgan fingerprint density at radius 3 is 2.31 bits per heavy atom. The van der Waals surface area contributed by atoms with E-state index >= 15 is 0 Å². The number of hydrogen-bond acceptors (Lipinski definition) is 3. The van der Waals surface area contributed by atoms with Crippen LogP contribution >= 0.6 is 0 Å². The van der Waals surface area contributed by atoms with E-state index in [9.17, 15) is 4.79 Å².